The first-order chi connectivity index (χ1) is 8.24. The highest BCUT2D eigenvalue weighted by Crippen LogP contribution is 2.21. The lowest BCUT2D eigenvalue weighted by Crippen LogP contribution is -1.86. The largest absolute Gasteiger partial charge is 0.305 e. The van der Waals surface area contributed by atoms with E-state index in [-0.39, 0.29) is 0 Å². The average Bonchev–Trinajstić information content (AvgIpc) is 2.74. The number of aromatic nitrogens is 4. The zero-order valence-corrected chi connectivity index (χ0v) is 10.7. The van der Waals surface area contributed by atoms with Crippen LogP contribution in [0.2, 0.25) is 0 Å². The van der Waals surface area contributed by atoms with Crippen LogP contribution in [0, 0.1) is 6.92 Å². The summed E-state index contributed by atoms with van der Waals surface area (Å²) >= 11 is 3.47. The van der Waals surface area contributed by atoms with E-state index in [1.54, 1.807) is 18.6 Å². The summed E-state index contributed by atoms with van der Waals surface area (Å²) in [5.41, 5.74) is 3.68. The Bertz CT molecular complexity index is 676. The normalized spacial score (nSPS) is 10.9. The summed E-state index contributed by atoms with van der Waals surface area (Å²) < 4.78 is 3.02. The smallest absolute Gasteiger partial charge is 0.140 e. The van der Waals surface area contributed by atoms with Gasteiger partial charge in [-0.25, -0.2) is 4.98 Å². The molecule has 0 spiro atoms. The van der Waals surface area contributed by atoms with Crippen molar-refractivity contribution in [3.05, 3.63) is 47.1 Å². The molecule has 0 aliphatic heterocycles. The molecule has 3 aromatic rings. The molecule has 0 saturated carbocycles. The number of imidazole rings is 1. The van der Waals surface area contributed by atoms with E-state index in [4.69, 9.17) is 0 Å². The summed E-state index contributed by atoms with van der Waals surface area (Å²) in [5, 5.41) is 0. The number of hydrogen-bond donors (Lipinski definition) is 0. The molecule has 0 atom stereocenters. The molecule has 0 aromatic carbocycles. The zero-order valence-electron chi connectivity index (χ0n) is 9.13. The maximum Gasteiger partial charge on any atom is 0.140 e. The summed E-state index contributed by atoms with van der Waals surface area (Å²) in [7, 11) is 0. The van der Waals surface area contributed by atoms with Gasteiger partial charge in [0.1, 0.15) is 17.0 Å². The predicted molar refractivity (Wildman–Crippen MR) is 68.7 cm³/mol. The zero-order chi connectivity index (χ0) is 11.8. The molecule has 4 nitrogen and oxygen atoms in total. The molecule has 0 N–H and O–H groups in total. The fourth-order valence-electron chi connectivity index (χ4n) is 1.78. The van der Waals surface area contributed by atoms with Crippen LogP contribution >= 0.6 is 15.9 Å². The van der Waals surface area contributed by atoms with Crippen LogP contribution in [-0.4, -0.2) is 19.4 Å². The van der Waals surface area contributed by atoms with Crippen molar-refractivity contribution in [2.45, 2.75) is 6.92 Å². The van der Waals surface area contributed by atoms with Gasteiger partial charge in [0.05, 0.1) is 6.20 Å². The minimum Gasteiger partial charge on any atom is -0.305 e. The first-order valence-corrected chi connectivity index (χ1v) is 5.94. The summed E-state index contributed by atoms with van der Waals surface area (Å²) in [6.45, 7) is 2.04. The van der Waals surface area contributed by atoms with E-state index >= 15 is 0 Å². The molecular formula is C12H9BrN4. The van der Waals surface area contributed by atoms with Gasteiger partial charge in [-0.1, -0.05) is 0 Å². The summed E-state index contributed by atoms with van der Waals surface area (Å²) in [6.07, 6.45) is 8.97. The van der Waals surface area contributed by atoms with Gasteiger partial charge < -0.3 is 4.40 Å². The van der Waals surface area contributed by atoms with Gasteiger partial charge in [-0.05, 0) is 34.5 Å². The third-order valence-corrected chi connectivity index (χ3v) is 2.96. The highest BCUT2D eigenvalue weighted by molar-refractivity contribution is 9.10. The van der Waals surface area contributed by atoms with Crippen molar-refractivity contribution in [3.8, 4) is 11.4 Å². The second-order valence-corrected chi connectivity index (χ2v) is 4.70. The Morgan fingerprint density at radius 3 is 2.82 bits per heavy atom. The van der Waals surface area contributed by atoms with Crippen LogP contribution in [-0.2, 0) is 0 Å². The quantitative estimate of drug-likeness (QED) is 0.692. The predicted octanol–water partition coefficient (Wildman–Crippen LogP) is 2.86. The van der Waals surface area contributed by atoms with Gasteiger partial charge in [0.15, 0.2) is 0 Å². The number of aryl methyl sites for hydroxylation is 1. The third-order valence-electron chi connectivity index (χ3n) is 2.53. The van der Waals surface area contributed by atoms with Crippen molar-refractivity contribution in [2.24, 2.45) is 0 Å². The Labute approximate surface area is 106 Å². The van der Waals surface area contributed by atoms with E-state index in [0.29, 0.717) is 0 Å². The van der Waals surface area contributed by atoms with Crippen LogP contribution in [0.1, 0.15) is 5.56 Å². The van der Waals surface area contributed by atoms with E-state index in [9.17, 15) is 0 Å². The van der Waals surface area contributed by atoms with Crippen LogP contribution in [0.3, 0.4) is 0 Å². The van der Waals surface area contributed by atoms with Crippen molar-refractivity contribution in [2.75, 3.05) is 0 Å². The van der Waals surface area contributed by atoms with Gasteiger partial charge in [-0.3, -0.25) is 9.97 Å². The highest BCUT2D eigenvalue weighted by atomic mass is 79.9. The van der Waals surface area contributed by atoms with Crippen molar-refractivity contribution in [3.63, 3.8) is 0 Å². The second-order valence-electron chi connectivity index (χ2n) is 3.79. The molecule has 84 valence electrons. The Morgan fingerprint density at radius 2 is 2.06 bits per heavy atom. The van der Waals surface area contributed by atoms with E-state index in [1.165, 1.54) is 0 Å². The molecule has 3 rings (SSSR count). The van der Waals surface area contributed by atoms with Crippen molar-refractivity contribution >= 4 is 21.6 Å². The Hall–Kier alpha value is -1.75. The van der Waals surface area contributed by atoms with Crippen molar-refractivity contribution < 1.29 is 0 Å². The van der Waals surface area contributed by atoms with Crippen LogP contribution in [0.5, 0.6) is 0 Å². The lowest BCUT2D eigenvalue weighted by Gasteiger charge is -1.97. The number of fused-ring (bicyclic) bond motifs is 1. The van der Waals surface area contributed by atoms with Gasteiger partial charge in [0.25, 0.3) is 0 Å². The van der Waals surface area contributed by atoms with Crippen LogP contribution in [0.15, 0.2) is 41.5 Å². The molecule has 17 heavy (non-hydrogen) atoms. The number of nitrogens with zero attached hydrogens (tertiary/aromatic N) is 4. The van der Waals surface area contributed by atoms with E-state index < -0.39 is 0 Å². The molecule has 0 aliphatic carbocycles. The fraction of sp³-hybridized carbons (Fsp3) is 0.0833. The minimum atomic E-state index is 0.784. The summed E-state index contributed by atoms with van der Waals surface area (Å²) in [4.78, 5) is 12.9. The topological polar surface area (TPSA) is 43.1 Å². The standard InChI is InChI=1S/C12H9BrN4/c1-8-4-9(13)6-17-7-11(16-12(8)17)10-5-14-2-3-15-10/h2-7H,1H3. The molecule has 3 heterocycles. The third kappa shape index (κ3) is 1.82. The van der Waals surface area contributed by atoms with Crippen LogP contribution in [0.4, 0.5) is 0 Å². The molecular weight excluding hydrogens is 280 g/mol. The van der Waals surface area contributed by atoms with Gasteiger partial charge >= 0.3 is 0 Å². The second kappa shape index (κ2) is 3.92. The van der Waals surface area contributed by atoms with Crippen molar-refractivity contribution in [1.82, 2.24) is 19.4 Å². The van der Waals surface area contributed by atoms with E-state index in [2.05, 4.69) is 30.9 Å². The van der Waals surface area contributed by atoms with Crippen molar-refractivity contribution in [1.29, 1.82) is 0 Å². The first-order valence-electron chi connectivity index (χ1n) is 5.15. The number of halogens is 1. The molecule has 0 radical (unpaired) electrons. The van der Waals surface area contributed by atoms with Gasteiger partial charge in [0, 0.05) is 29.3 Å². The Balaban J connectivity index is 2.24. The number of pyridine rings is 1. The fourth-order valence-corrected chi connectivity index (χ4v) is 2.34. The van der Waals surface area contributed by atoms with Gasteiger partial charge in [-0.2, -0.15) is 0 Å². The molecule has 0 amide bonds. The monoisotopic (exact) mass is 288 g/mol. The summed E-state index contributed by atoms with van der Waals surface area (Å²) in [6, 6.07) is 2.04. The Kier molecular flexibility index (Phi) is 2.40. The lowest BCUT2D eigenvalue weighted by atomic mass is 10.3. The SMILES string of the molecule is Cc1cc(Br)cn2cc(-c3cnccn3)nc12. The Morgan fingerprint density at radius 1 is 1.18 bits per heavy atom. The van der Waals surface area contributed by atoms with E-state index in [0.717, 1.165) is 27.1 Å². The van der Waals surface area contributed by atoms with Gasteiger partial charge in [-0.15, -0.1) is 0 Å². The van der Waals surface area contributed by atoms with Crippen LogP contribution < -0.4 is 0 Å². The molecule has 0 fully saturated rings. The minimum absolute atomic E-state index is 0.784. The maximum atomic E-state index is 4.56. The number of hydrogen-bond acceptors (Lipinski definition) is 3. The van der Waals surface area contributed by atoms with Crippen LogP contribution in [0.25, 0.3) is 17.0 Å². The first kappa shape index (κ1) is 10.4. The van der Waals surface area contributed by atoms with Gasteiger partial charge in [0.2, 0.25) is 0 Å². The maximum absolute atomic E-state index is 4.56. The number of rotatable bonds is 1. The highest BCUT2D eigenvalue weighted by Gasteiger charge is 2.07. The summed E-state index contributed by atoms with van der Waals surface area (Å²) in [5.74, 6) is 0. The average molecular weight is 289 g/mol. The lowest BCUT2D eigenvalue weighted by molar-refractivity contribution is 1.15. The molecule has 3 aromatic heterocycles. The van der Waals surface area contributed by atoms with E-state index in [1.807, 2.05) is 29.8 Å². The molecule has 0 unspecified atom stereocenters. The molecule has 0 saturated heterocycles. The molecule has 0 bridgehead atoms. The molecule has 0 aliphatic rings. The molecule has 5 heteroatoms.